The van der Waals surface area contributed by atoms with Crippen LogP contribution in [0.5, 0.6) is 0 Å². The molecule has 0 aliphatic heterocycles. The number of benzene rings is 1. The lowest BCUT2D eigenvalue weighted by Gasteiger charge is -2.42. The first-order valence-electron chi connectivity index (χ1n) is 10.0. The van der Waals surface area contributed by atoms with Crippen molar-refractivity contribution < 1.29 is 27.6 Å². The molecule has 1 rings (SSSR count). The lowest BCUT2D eigenvalue weighted by Crippen LogP contribution is -2.53. The fraction of sp³-hybridized carbons (Fsp3) is 0.667. The summed E-state index contributed by atoms with van der Waals surface area (Å²) in [6.45, 7) is 15.6. The molecule has 0 saturated heterocycles. The maximum absolute atomic E-state index is 13.4. The van der Waals surface area contributed by atoms with Crippen molar-refractivity contribution in [3.63, 3.8) is 0 Å². The number of methoxy groups -OCH3 is 1. The highest BCUT2D eigenvalue weighted by atomic mass is 31.2. The zero-order valence-corrected chi connectivity index (χ0v) is 21.2. The molecule has 0 radical (unpaired) electrons. The second-order valence-corrected chi connectivity index (χ2v) is 15.4. The van der Waals surface area contributed by atoms with E-state index in [0.29, 0.717) is 0 Å². The van der Waals surface area contributed by atoms with Crippen molar-refractivity contribution in [1.29, 1.82) is 0 Å². The van der Waals surface area contributed by atoms with Gasteiger partial charge in [0.05, 0.1) is 12.8 Å². The van der Waals surface area contributed by atoms with Crippen molar-refractivity contribution in [2.45, 2.75) is 78.0 Å². The van der Waals surface area contributed by atoms with Crippen molar-refractivity contribution >= 4 is 21.9 Å². The van der Waals surface area contributed by atoms with Gasteiger partial charge in [0.2, 0.25) is 0 Å². The third kappa shape index (κ3) is 6.76. The molecule has 6 nitrogen and oxygen atoms in total. The minimum atomic E-state index is -3.75. The predicted molar refractivity (Wildman–Crippen MR) is 119 cm³/mol. The minimum absolute atomic E-state index is 0.0104. The van der Waals surface area contributed by atoms with Crippen LogP contribution in [-0.2, 0) is 40.2 Å². The van der Waals surface area contributed by atoms with Gasteiger partial charge in [0, 0.05) is 14.0 Å². The zero-order valence-electron chi connectivity index (χ0n) is 19.3. The standard InChI is InChI=1S/C21H37O6PSi/c1-10-17-14-12-13-15-18(17)16-28(23,25-11-2)26-19(22)21(6,24-7)27-29(8,9)20(3,4)5/h12-15H,10-11,16H2,1-9H3. The van der Waals surface area contributed by atoms with Crippen LogP contribution in [0.2, 0.25) is 18.1 Å². The number of ether oxygens (including phenoxy) is 1. The highest BCUT2D eigenvalue weighted by Gasteiger charge is 2.49. The molecule has 1 aromatic carbocycles. The van der Waals surface area contributed by atoms with Gasteiger partial charge in [-0.1, -0.05) is 52.0 Å². The summed E-state index contributed by atoms with van der Waals surface area (Å²) in [7, 11) is -4.73. The Morgan fingerprint density at radius 1 is 1.07 bits per heavy atom. The zero-order chi connectivity index (χ0) is 22.5. The van der Waals surface area contributed by atoms with Crippen LogP contribution >= 0.6 is 7.60 Å². The number of hydrogen-bond donors (Lipinski definition) is 0. The second-order valence-electron chi connectivity index (χ2n) is 8.70. The molecule has 0 bridgehead atoms. The Balaban J connectivity index is 3.15. The Bertz CT molecular complexity index is 743. The number of aryl methyl sites for hydroxylation is 1. The SMILES string of the molecule is CCOP(=O)(Cc1ccccc1CC)OC(=O)C(C)(OC)O[Si](C)(C)C(C)(C)C. The molecule has 2 atom stereocenters. The van der Waals surface area contributed by atoms with Crippen molar-refractivity contribution in [2.75, 3.05) is 13.7 Å². The Labute approximate surface area is 176 Å². The summed E-state index contributed by atoms with van der Waals surface area (Å²) < 4.78 is 35.9. The molecule has 0 amide bonds. The largest absolute Gasteiger partial charge is 0.387 e. The summed E-state index contributed by atoms with van der Waals surface area (Å²) in [6, 6.07) is 7.63. The van der Waals surface area contributed by atoms with Gasteiger partial charge in [-0.05, 0) is 42.6 Å². The fourth-order valence-electron chi connectivity index (χ4n) is 2.58. The monoisotopic (exact) mass is 444 g/mol. The molecule has 8 heteroatoms. The van der Waals surface area contributed by atoms with Crippen molar-refractivity contribution in [3.8, 4) is 0 Å². The van der Waals surface area contributed by atoms with Crippen LogP contribution in [0, 0.1) is 0 Å². The molecule has 0 saturated carbocycles. The van der Waals surface area contributed by atoms with E-state index in [1.165, 1.54) is 14.0 Å². The summed E-state index contributed by atoms with van der Waals surface area (Å²) >= 11 is 0. The highest BCUT2D eigenvalue weighted by Crippen LogP contribution is 2.53. The molecule has 0 N–H and O–H groups in total. The minimum Gasteiger partial charge on any atom is -0.387 e. The number of carbonyl (C=O) groups is 1. The van der Waals surface area contributed by atoms with E-state index in [9.17, 15) is 9.36 Å². The predicted octanol–water partition coefficient (Wildman–Crippen LogP) is 5.91. The van der Waals surface area contributed by atoms with E-state index in [-0.39, 0.29) is 17.8 Å². The van der Waals surface area contributed by atoms with E-state index in [1.807, 2.05) is 44.3 Å². The van der Waals surface area contributed by atoms with Crippen molar-refractivity contribution in [3.05, 3.63) is 35.4 Å². The van der Waals surface area contributed by atoms with E-state index in [4.69, 9.17) is 18.2 Å². The quantitative estimate of drug-likeness (QED) is 0.254. The average Bonchev–Trinajstić information content (AvgIpc) is 2.60. The van der Waals surface area contributed by atoms with Gasteiger partial charge in [0.15, 0.2) is 8.32 Å². The second kappa shape index (κ2) is 9.88. The molecule has 0 aliphatic carbocycles. The highest BCUT2D eigenvalue weighted by molar-refractivity contribution is 7.53. The smallest absolute Gasteiger partial charge is 0.385 e. The molecule has 0 heterocycles. The Morgan fingerprint density at radius 3 is 2.07 bits per heavy atom. The van der Waals surface area contributed by atoms with Crippen LogP contribution in [0.4, 0.5) is 0 Å². The number of hydrogen-bond acceptors (Lipinski definition) is 6. The molecule has 0 spiro atoms. The molecular formula is C21H37O6PSi. The van der Waals surface area contributed by atoms with Gasteiger partial charge < -0.3 is 13.7 Å². The Morgan fingerprint density at radius 2 is 1.62 bits per heavy atom. The molecule has 0 fully saturated rings. The van der Waals surface area contributed by atoms with E-state index >= 15 is 0 Å². The third-order valence-corrected chi connectivity index (χ3v) is 11.8. The van der Waals surface area contributed by atoms with Crippen LogP contribution in [0.1, 0.15) is 52.7 Å². The third-order valence-electron chi connectivity index (χ3n) is 5.43. The lowest BCUT2D eigenvalue weighted by molar-refractivity contribution is -0.198. The molecule has 1 aromatic rings. The maximum atomic E-state index is 13.4. The van der Waals surface area contributed by atoms with Gasteiger partial charge in [-0.25, -0.2) is 9.36 Å². The van der Waals surface area contributed by atoms with E-state index < -0.39 is 27.7 Å². The van der Waals surface area contributed by atoms with E-state index in [2.05, 4.69) is 20.8 Å². The Hall–Kier alpha value is -0.983. The maximum Gasteiger partial charge on any atom is 0.385 e. The van der Waals surface area contributed by atoms with Crippen LogP contribution in [0.15, 0.2) is 24.3 Å². The first kappa shape index (κ1) is 26.1. The normalized spacial score (nSPS) is 16.7. The van der Waals surface area contributed by atoms with Gasteiger partial charge in [-0.3, -0.25) is 4.52 Å². The first-order valence-corrected chi connectivity index (χ1v) is 14.7. The van der Waals surface area contributed by atoms with Gasteiger partial charge in [0.25, 0.3) is 5.79 Å². The Kier molecular flexibility index (Phi) is 8.88. The van der Waals surface area contributed by atoms with Crippen LogP contribution in [0.3, 0.4) is 0 Å². The summed E-state index contributed by atoms with van der Waals surface area (Å²) in [4.78, 5) is 13.0. The topological polar surface area (TPSA) is 71.1 Å². The van der Waals surface area contributed by atoms with Gasteiger partial charge in [-0.15, -0.1) is 0 Å². The molecule has 0 aliphatic rings. The summed E-state index contributed by atoms with van der Waals surface area (Å²) in [6.07, 6.45) is 0.789. The van der Waals surface area contributed by atoms with Gasteiger partial charge in [0.1, 0.15) is 0 Å². The van der Waals surface area contributed by atoms with E-state index in [1.54, 1.807) is 6.92 Å². The average molecular weight is 445 g/mol. The van der Waals surface area contributed by atoms with Crippen LogP contribution in [0.25, 0.3) is 0 Å². The summed E-state index contributed by atoms with van der Waals surface area (Å²) in [5.41, 5.74) is 1.87. The molecule has 2 unspecified atom stereocenters. The lowest BCUT2D eigenvalue weighted by atomic mass is 10.1. The number of carbonyl (C=O) groups excluding carboxylic acids is 1. The molecule has 0 aromatic heterocycles. The van der Waals surface area contributed by atoms with Gasteiger partial charge >= 0.3 is 13.6 Å². The first-order chi connectivity index (χ1) is 13.2. The van der Waals surface area contributed by atoms with Crippen molar-refractivity contribution in [1.82, 2.24) is 0 Å². The van der Waals surface area contributed by atoms with Gasteiger partial charge in [-0.2, -0.15) is 0 Å². The van der Waals surface area contributed by atoms with E-state index in [0.717, 1.165) is 17.5 Å². The summed E-state index contributed by atoms with van der Waals surface area (Å²) in [5.74, 6) is -2.50. The fourth-order valence-corrected chi connectivity index (χ4v) is 5.77. The summed E-state index contributed by atoms with van der Waals surface area (Å²) in [5, 5.41) is -0.142. The van der Waals surface area contributed by atoms with Crippen LogP contribution in [-0.4, -0.2) is 33.8 Å². The molecule has 29 heavy (non-hydrogen) atoms. The van der Waals surface area contributed by atoms with Crippen LogP contribution < -0.4 is 0 Å². The van der Waals surface area contributed by atoms with Crippen molar-refractivity contribution in [2.24, 2.45) is 0 Å². The molecular weight excluding hydrogens is 407 g/mol. The number of rotatable bonds is 10. The molecule has 166 valence electrons.